The first-order valence-corrected chi connectivity index (χ1v) is 6.79. The fraction of sp³-hybridized carbons (Fsp3) is 0.231. The van der Waals surface area contributed by atoms with E-state index in [-0.39, 0.29) is 18.1 Å². The highest BCUT2D eigenvalue weighted by Gasteiger charge is 2.19. The van der Waals surface area contributed by atoms with Crippen molar-refractivity contribution in [2.24, 2.45) is 0 Å². The SMILES string of the molecule is CCOC(=O)c1ncn(-c2cc(C)ccc2F)c1I. The molecular weight excluding hydrogens is 362 g/mol. The standard InChI is InChI=1S/C13H12FIN2O2/c1-3-19-13(18)11-12(15)17(7-16-11)10-6-8(2)4-5-9(10)14/h4-7H,3H2,1-2H3. The van der Waals surface area contributed by atoms with E-state index in [0.717, 1.165) is 5.56 Å². The van der Waals surface area contributed by atoms with E-state index in [1.807, 2.05) is 29.5 Å². The summed E-state index contributed by atoms with van der Waals surface area (Å²) in [6.45, 7) is 3.88. The number of aromatic nitrogens is 2. The summed E-state index contributed by atoms with van der Waals surface area (Å²) in [5.41, 5.74) is 1.49. The lowest BCUT2D eigenvalue weighted by Gasteiger charge is -2.07. The highest BCUT2D eigenvalue weighted by Crippen LogP contribution is 2.21. The molecular formula is C13H12FIN2O2. The molecule has 0 N–H and O–H groups in total. The molecule has 0 unspecified atom stereocenters. The van der Waals surface area contributed by atoms with Gasteiger partial charge in [0.25, 0.3) is 0 Å². The molecule has 0 aliphatic carbocycles. The van der Waals surface area contributed by atoms with Crippen LogP contribution >= 0.6 is 22.6 Å². The van der Waals surface area contributed by atoms with Gasteiger partial charge in [0, 0.05) is 0 Å². The van der Waals surface area contributed by atoms with Gasteiger partial charge in [-0.05, 0) is 54.1 Å². The highest BCUT2D eigenvalue weighted by atomic mass is 127. The van der Waals surface area contributed by atoms with Crippen LogP contribution < -0.4 is 0 Å². The van der Waals surface area contributed by atoms with Gasteiger partial charge in [-0.3, -0.25) is 4.57 Å². The van der Waals surface area contributed by atoms with Crippen LogP contribution in [0.3, 0.4) is 0 Å². The Balaban J connectivity index is 2.47. The number of benzene rings is 1. The number of esters is 1. The van der Waals surface area contributed by atoms with E-state index in [2.05, 4.69) is 4.98 Å². The molecule has 0 saturated carbocycles. The number of ether oxygens (including phenoxy) is 1. The van der Waals surface area contributed by atoms with E-state index < -0.39 is 5.97 Å². The maximum atomic E-state index is 13.8. The molecule has 1 aromatic carbocycles. The predicted octanol–water partition coefficient (Wildman–Crippen LogP) is 3.10. The Morgan fingerprint density at radius 3 is 2.95 bits per heavy atom. The topological polar surface area (TPSA) is 44.1 Å². The van der Waals surface area contributed by atoms with Gasteiger partial charge in [-0.2, -0.15) is 0 Å². The van der Waals surface area contributed by atoms with Crippen LogP contribution in [0.15, 0.2) is 24.5 Å². The molecule has 2 aromatic rings. The van der Waals surface area contributed by atoms with Crippen LogP contribution in [0.5, 0.6) is 0 Å². The van der Waals surface area contributed by atoms with Gasteiger partial charge in [-0.25, -0.2) is 14.2 Å². The molecule has 0 aliphatic heterocycles. The zero-order valence-corrected chi connectivity index (χ0v) is 12.6. The first-order valence-electron chi connectivity index (χ1n) is 5.71. The summed E-state index contributed by atoms with van der Waals surface area (Å²) in [6.07, 6.45) is 1.42. The Kier molecular flexibility index (Phi) is 4.18. The number of hydrogen-bond donors (Lipinski definition) is 0. The van der Waals surface area contributed by atoms with Crippen LogP contribution in [-0.2, 0) is 4.74 Å². The van der Waals surface area contributed by atoms with Crippen molar-refractivity contribution >= 4 is 28.6 Å². The number of carbonyl (C=O) groups excluding carboxylic acids is 1. The van der Waals surface area contributed by atoms with Crippen LogP contribution in [0.25, 0.3) is 5.69 Å². The van der Waals surface area contributed by atoms with Crippen LogP contribution in [0.2, 0.25) is 0 Å². The summed E-state index contributed by atoms with van der Waals surface area (Å²) in [4.78, 5) is 15.7. The average molecular weight is 374 g/mol. The summed E-state index contributed by atoms with van der Waals surface area (Å²) in [6, 6.07) is 4.79. The van der Waals surface area contributed by atoms with E-state index in [1.54, 1.807) is 19.1 Å². The summed E-state index contributed by atoms with van der Waals surface area (Å²) in [7, 11) is 0. The van der Waals surface area contributed by atoms with Gasteiger partial charge in [0.2, 0.25) is 0 Å². The summed E-state index contributed by atoms with van der Waals surface area (Å²) in [5.74, 6) is -0.866. The Hall–Kier alpha value is -1.44. The maximum absolute atomic E-state index is 13.8. The minimum Gasteiger partial charge on any atom is -0.461 e. The second-order valence-corrected chi connectivity index (χ2v) is 4.95. The molecule has 1 heterocycles. The maximum Gasteiger partial charge on any atom is 0.359 e. The monoisotopic (exact) mass is 374 g/mol. The summed E-state index contributed by atoms with van der Waals surface area (Å²) < 4.78 is 20.8. The molecule has 0 amide bonds. The van der Waals surface area contributed by atoms with Crippen LogP contribution in [0, 0.1) is 16.4 Å². The van der Waals surface area contributed by atoms with Crippen molar-refractivity contribution in [2.45, 2.75) is 13.8 Å². The van der Waals surface area contributed by atoms with Gasteiger partial charge in [-0.1, -0.05) is 6.07 Å². The Bertz CT molecular complexity index is 625. The minimum atomic E-state index is -0.501. The van der Waals surface area contributed by atoms with Gasteiger partial charge in [-0.15, -0.1) is 0 Å². The highest BCUT2D eigenvalue weighted by molar-refractivity contribution is 14.1. The predicted molar refractivity (Wildman–Crippen MR) is 76.9 cm³/mol. The van der Waals surface area contributed by atoms with Crippen molar-refractivity contribution in [3.05, 3.63) is 45.3 Å². The van der Waals surface area contributed by atoms with Crippen LogP contribution in [0.4, 0.5) is 4.39 Å². The molecule has 0 saturated heterocycles. The zero-order chi connectivity index (χ0) is 14.0. The average Bonchev–Trinajstić information content (AvgIpc) is 2.74. The molecule has 2 rings (SSSR count). The molecule has 6 heteroatoms. The number of imidazole rings is 1. The fourth-order valence-electron chi connectivity index (χ4n) is 1.65. The summed E-state index contributed by atoms with van der Waals surface area (Å²) in [5, 5.41) is 0. The van der Waals surface area contributed by atoms with E-state index >= 15 is 0 Å². The first-order chi connectivity index (χ1) is 9.04. The molecule has 0 atom stereocenters. The molecule has 0 fully saturated rings. The minimum absolute atomic E-state index is 0.198. The molecule has 0 aliphatic rings. The van der Waals surface area contributed by atoms with E-state index in [9.17, 15) is 9.18 Å². The van der Waals surface area contributed by atoms with Crippen molar-refractivity contribution in [3.63, 3.8) is 0 Å². The van der Waals surface area contributed by atoms with Crippen molar-refractivity contribution in [2.75, 3.05) is 6.61 Å². The van der Waals surface area contributed by atoms with E-state index in [0.29, 0.717) is 9.39 Å². The third-order valence-corrected chi connectivity index (χ3v) is 3.57. The molecule has 0 radical (unpaired) electrons. The number of hydrogen-bond acceptors (Lipinski definition) is 3. The van der Waals surface area contributed by atoms with Gasteiger partial charge >= 0.3 is 5.97 Å². The smallest absolute Gasteiger partial charge is 0.359 e. The number of carbonyl (C=O) groups is 1. The summed E-state index contributed by atoms with van der Waals surface area (Å²) >= 11 is 1.96. The van der Waals surface area contributed by atoms with Crippen molar-refractivity contribution in [3.8, 4) is 5.69 Å². The first kappa shape index (κ1) is 14.0. The van der Waals surface area contributed by atoms with Crippen molar-refractivity contribution in [1.82, 2.24) is 9.55 Å². The zero-order valence-electron chi connectivity index (χ0n) is 10.5. The molecule has 1 aromatic heterocycles. The number of aryl methyl sites for hydroxylation is 1. The van der Waals surface area contributed by atoms with Gasteiger partial charge in [0.05, 0.1) is 12.3 Å². The van der Waals surface area contributed by atoms with Crippen molar-refractivity contribution in [1.29, 1.82) is 0 Å². The lowest BCUT2D eigenvalue weighted by Crippen LogP contribution is -2.08. The number of halogens is 2. The third kappa shape index (κ3) is 2.78. The fourth-order valence-corrected chi connectivity index (χ4v) is 2.39. The molecule has 19 heavy (non-hydrogen) atoms. The van der Waals surface area contributed by atoms with Gasteiger partial charge in [0.1, 0.15) is 15.8 Å². The van der Waals surface area contributed by atoms with Crippen LogP contribution in [0.1, 0.15) is 23.0 Å². The second kappa shape index (κ2) is 5.68. The third-order valence-electron chi connectivity index (χ3n) is 2.54. The van der Waals surface area contributed by atoms with Crippen LogP contribution in [-0.4, -0.2) is 22.1 Å². The largest absolute Gasteiger partial charge is 0.461 e. The Morgan fingerprint density at radius 2 is 2.26 bits per heavy atom. The number of nitrogens with zero attached hydrogens (tertiary/aromatic N) is 2. The Morgan fingerprint density at radius 1 is 1.53 bits per heavy atom. The van der Waals surface area contributed by atoms with E-state index in [4.69, 9.17) is 4.74 Å². The van der Waals surface area contributed by atoms with Gasteiger partial charge < -0.3 is 4.74 Å². The molecule has 0 spiro atoms. The number of rotatable bonds is 3. The molecule has 100 valence electrons. The lowest BCUT2D eigenvalue weighted by atomic mass is 10.2. The second-order valence-electron chi connectivity index (χ2n) is 3.93. The van der Waals surface area contributed by atoms with Crippen molar-refractivity contribution < 1.29 is 13.9 Å². The molecule has 0 bridgehead atoms. The quantitative estimate of drug-likeness (QED) is 0.613. The van der Waals surface area contributed by atoms with Gasteiger partial charge in [0.15, 0.2) is 5.69 Å². The molecule has 4 nitrogen and oxygen atoms in total. The normalized spacial score (nSPS) is 10.5. The Labute approximate surface area is 123 Å². The lowest BCUT2D eigenvalue weighted by molar-refractivity contribution is 0.0518. The van der Waals surface area contributed by atoms with E-state index in [1.165, 1.54) is 17.0 Å².